The van der Waals surface area contributed by atoms with Crippen molar-refractivity contribution in [1.82, 2.24) is 4.90 Å². The van der Waals surface area contributed by atoms with E-state index in [1.165, 1.54) is 11.1 Å². The largest absolute Gasteiger partial charge is 0.493 e. The molecule has 0 saturated carbocycles. The first kappa shape index (κ1) is 22.0. The fraction of sp³-hybridized carbons (Fsp3) is 0.519. The minimum Gasteiger partial charge on any atom is -0.493 e. The zero-order chi connectivity index (χ0) is 22.2. The summed E-state index contributed by atoms with van der Waals surface area (Å²) in [5.41, 5.74) is 4.13. The first-order chi connectivity index (χ1) is 14.9. The average Bonchev–Trinajstić information content (AvgIpc) is 3.11. The van der Waals surface area contributed by atoms with E-state index in [0.717, 1.165) is 36.5 Å². The molecule has 0 radical (unpaired) electrons. The fourth-order valence-electron chi connectivity index (χ4n) is 5.81. The lowest BCUT2D eigenvalue weighted by atomic mass is 9.57. The van der Waals surface area contributed by atoms with E-state index >= 15 is 0 Å². The van der Waals surface area contributed by atoms with Gasteiger partial charge in [0.1, 0.15) is 12.4 Å². The molecule has 4 heteroatoms. The van der Waals surface area contributed by atoms with Crippen molar-refractivity contribution in [2.75, 3.05) is 32.8 Å². The van der Waals surface area contributed by atoms with Crippen molar-refractivity contribution in [1.29, 1.82) is 0 Å². The molecule has 4 nitrogen and oxygen atoms in total. The maximum atomic E-state index is 13.7. The first-order valence-corrected chi connectivity index (χ1v) is 11.7. The molecule has 0 aromatic heterocycles. The number of hydrogen-bond acceptors (Lipinski definition) is 4. The number of ether oxygens (including phenoxy) is 1. The minimum atomic E-state index is -0.203. The third-order valence-electron chi connectivity index (χ3n) is 7.49. The molecular weight excluding hydrogens is 386 g/mol. The van der Waals surface area contributed by atoms with E-state index in [1.54, 1.807) is 0 Å². The summed E-state index contributed by atoms with van der Waals surface area (Å²) in [6.45, 7) is 12.5. The number of hydrogen-bond donors (Lipinski definition) is 1. The van der Waals surface area contributed by atoms with Crippen molar-refractivity contribution < 1.29 is 14.6 Å². The number of fused-ring (bicyclic) bond motifs is 3. The molecule has 0 spiro atoms. The summed E-state index contributed by atoms with van der Waals surface area (Å²) in [6.07, 6.45) is 6.85. The maximum absolute atomic E-state index is 13.7. The second-order valence-electron chi connectivity index (χ2n) is 9.38. The zero-order valence-corrected chi connectivity index (χ0v) is 19.2. The van der Waals surface area contributed by atoms with Gasteiger partial charge in [0, 0.05) is 36.5 Å². The third-order valence-corrected chi connectivity index (χ3v) is 7.49. The van der Waals surface area contributed by atoms with Crippen LogP contribution in [0.25, 0.3) is 5.57 Å². The molecule has 1 aromatic rings. The van der Waals surface area contributed by atoms with E-state index in [1.807, 2.05) is 24.3 Å². The van der Waals surface area contributed by atoms with Crippen LogP contribution in [0.15, 0.2) is 53.8 Å². The first-order valence-electron chi connectivity index (χ1n) is 11.7. The monoisotopic (exact) mass is 421 g/mol. The van der Waals surface area contributed by atoms with E-state index < -0.39 is 0 Å². The molecule has 0 saturated heterocycles. The van der Waals surface area contributed by atoms with Crippen molar-refractivity contribution in [3.8, 4) is 0 Å². The number of ketones is 1. The van der Waals surface area contributed by atoms with Crippen LogP contribution in [0.3, 0.4) is 0 Å². The number of benzene rings is 1. The van der Waals surface area contributed by atoms with Crippen LogP contribution in [0, 0.1) is 17.3 Å². The Kier molecular flexibility index (Phi) is 6.23. The summed E-state index contributed by atoms with van der Waals surface area (Å²) in [5, 5.41) is 9.78. The second-order valence-corrected chi connectivity index (χ2v) is 9.38. The summed E-state index contributed by atoms with van der Waals surface area (Å²) in [5.74, 6) is 1.07. The smallest absolute Gasteiger partial charge is 0.170 e. The molecule has 3 atom stereocenters. The van der Waals surface area contributed by atoms with Crippen LogP contribution >= 0.6 is 0 Å². The van der Waals surface area contributed by atoms with Gasteiger partial charge < -0.3 is 14.7 Å². The second kappa shape index (κ2) is 8.76. The zero-order valence-electron chi connectivity index (χ0n) is 19.2. The number of carbonyl (C=O) groups is 1. The van der Waals surface area contributed by atoms with E-state index in [-0.39, 0.29) is 35.6 Å². The number of Topliss-reactive ketones (excluding diaryl/α,β-unsaturated/α-hetero) is 1. The molecule has 0 bridgehead atoms. The van der Waals surface area contributed by atoms with Crippen LogP contribution < -0.4 is 0 Å². The maximum Gasteiger partial charge on any atom is 0.170 e. The summed E-state index contributed by atoms with van der Waals surface area (Å²) in [7, 11) is 0. The minimum absolute atomic E-state index is 0.0581. The molecule has 0 amide bonds. The van der Waals surface area contributed by atoms with Crippen molar-refractivity contribution in [3.63, 3.8) is 0 Å². The van der Waals surface area contributed by atoms with Crippen molar-refractivity contribution in [2.24, 2.45) is 17.3 Å². The van der Waals surface area contributed by atoms with Gasteiger partial charge in [-0.25, -0.2) is 0 Å². The van der Waals surface area contributed by atoms with Gasteiger partial charge in [-0.2, -0.15) is 0 Å². The van der Waals surface area contributed by atoms with Gasteiger partial charge in [0.05, 0.1) is 0 Å². The summed E-state index contributed by atoms with van der Waals surface area (Å²) in [4.78, 5) is 16.0. The van der Waals surface area contributed by atoms with Crippen LogP contribution in [0.2, 0.25) is 0 Å². The average molecular weight is 422 g/mol. The van der Waals surface area contributed by atoms with Gasteiger partial charge in [0.25, 0.3) is 0 Å². The van der Waals surface area contributed by atoms with Gasteiger partial charge in [-0.15, -0.1) is 0 Å². The van der Waals surface area contributed by atoms with E-state index in [9.17, 15) is 9.90 Å². The molecule has 0 fully saturated rings. The molecule has 31 heavy (non-hydrogen) atoms. The van der Waals surface area contributed by atoms with Crippen molar-refractivity contribution in [2.45, 2.75) is 40.0 Å². The van der Waals surface area contributed by atoms with Crippen molar-refractivity contribution in [3.05, 3.63) is 65.0 Å². The number of carbonyl (C=O) groups excluding carboxylic acids is 1. The van der Waals surface area contributed by atoms with Gasteiger partial charge in [0.2, 0.25) is 0 Å². The van der Waals surface area contributed by atoms with Gasteiger partial charge in [-0.1, -0.05) is 58.0 Å². The third kappa shape index (κ3) is 3.70. The summed E-state index contributed by atoms with van der Waals surface area (Å²) < 4.78 is 6.11. The Morgan fingerprint density at radius 3 is 2.61 bits per heavy atom. The number of aliphatic hydroxyl groups is 1. The number of nitrogens with zero attached hydrogens (tertiary/aromatic N) is 1. The SMILES string of the molecule is CCN(CC)CCOC1=C[C@H]2C(C=C1)C(=O)C1=C(C(CCO)c3ccccc31)C2(C)C. The number of allylic oxidation sites excluding steroid dienone is 5. The van der Waals surface area contributed by atoms with Crippen LogP contribution in [0.4, 0.5) is 0 Å². The summed E-state index contributed by atoms with van der Waals surface area (Å²) in [6, 6.07) is 8.23. The number of likely N-dealkylation sites (N-methyl/N-ethyl adjacent to an activating group) is 1. The Balaban J connectivity index is 1.65. The molecule has 3 aliphatic carbocycles. The van der Waals surface area contributed by atoms with E-state index in [0.29, 0.717) is 13.0 Å². The molecular formula is C27H35NO3. The highest BCUT2D eigenvalue weighted by Crippen LogP contribution is 2.60. The van der Waals surface area contributed by atoms with Crippen LogP contribution in [0.5, 0.6) is 0 Å². The summed E-state index contributed by atoms with van der Waals surface area (Å²) >= 11 is 0. The molecule has 1 N–H and O–H groups in total. The predicted molar refractivity (Wildman–Crippen MR) is 125 cm³/mol. The van der Waals surface area contributed by atoms with Crippen LogP contribution in [-0.2, 0) is 9.53 Å². The normalized spacial score (nSPS) is 25.9. The van der Waals surface area contributed by atoms with Gasteiger partial charge in [-0.3, -0.25) is 4.79 Å². The Bertz CT molecular complexity index is 936. The Morgan fingerprint density at radius 2 is 1.90 bits per heavy atom. The topological polar surface area (TPSA) is 49.8 Å². The molecule has 3 aliphatic rings. The Labute approximate surface area is 186 Å². The quantitative estimate of drug-likeness (QED) is 0.668. The Hall–Kier alpha value is -2.17. The van der Waals surface area contributed by atoms with Crippen molar-refractivity contribution >= 4 is 11.4 Å². The highest BCUT2D eigenvalue weighted by Gasteiger charge is 2.52. The Morgan fingerprint density at radius 1 is 1.16 bits per heavy atom. The number of aliphatic hydroxyl groups excluding tert-OH is 1. The lowest BCUT2D eigenvalue weighted by Crippen LogP contribution is -2.41. The van der Waals surface area contributed by atoms with Crippen LogP contribution in [0.1, 0.15) is 51.2 Å². The molecule has 0 aliphatic heterocycles. The predicted octanol–water partition coefficient (Wildman–Crippen LogP) is 4.57. The molecule has 0 heterocycles. The lowest BCUT2D eigenvalue weighted by Gasteiger charge is -2.45. The highest BCUT2D eigenvalue weighted by molar-refractivity contribution is 6.26. The standard InChI is InChI=1S/C27H35NO3/c1-5-28(6-2)14-16-31-18-11-12-22-23(17-18)27(3,4)25-21(13-15-29)19-9-7-8-10-20(19)24(25)26(22)30/h7-12,17,21-23,29H,5-6,13-16H2,1-4H3/t21?,22?,23-/m0/s1. The van der Waals surface area contributed by atoms with E-state index in [2.05, 4.69) is 50.8 Å². The molecule has 4 rings (SSSR count). The van der Waals surface area contributed by atoms with Crippen LogP contribution in [-0.4, -0.2) is 48.6 Å². The highest BCUT2D eigenvalue weighted by atomic mass is 16.5. The molecule has 166 valence electrons. The van der Waals surface area contributed by atoms with Gasteiger partial charge >= 0.3 is 0 Å². The van der Waals surface area contributed by atoms with Gasteiger partial charge in [0.15, 0.2) is 5.78 Å². The lowest BCUT2D eigenvalue weighted by molar-refractivity contribution is -0.118. The van der Waals surface area contributed by atoms with Gasteiger partial charge in [-0.05, 0) is 53.8 Å². The number of rotatable bonds is 8. The van der Waals surface area contributed by atoms with E-state index in [4.69, 9.17) is 4.74 Å². The molecule has 1 aromatic carbocycles. The fourth-order valence-corrected chi connectivity index (χ4v) is 5.81. The molecule has 2 unspecified atom stereocenters.